The smallest absolute Gasteiger partial charge is 0.321 e. The number of carbonyl (C=O) groups is 2. The number of hydrogen-bond donors (Lipinski definition) is 2. The van der Waals surface area contributed by atoms with Gasteiger partial charge in [0.1, 0.15) is 12.7 Å². The summed E-state index contributed by atoms with van der Waals surface area (Å²) in [5.74, 6) is 1.07. The Morgan fingerprint density at radius 3 is 2.58 bits per heavy atom. The first-order valence-electron chi connectivity index (χ1n) is 7.92. The molecule has 0 bridgehead atoms. The number of carbonyl (C=O) groups excluding carboxylic acids is 2. The van der Waals surface area contributed by atoms with Crippen LogP contribution in [0.2, 0.25) is 0 Å². The fourth-order valence-corrected chi connectivity index (χ4v) is 2.35. The molecule has 2 N–H and O–H groups in total. The second kappa shape index (κ2) is 7.53. The summed E-state index contributed by atoms with van der Waals surface area (Å²) in [5, 5.41) is 5.00. The Hall–Kier alpha value is -2.28. The molecule has 1 heterocycles. The maximum absolute atomic E-state index is 11.9. The molecule has 1 aromatic carbocycles. The van der Waals surface area contributed by atoms with Crippen LogP contribution in [-0.4, -0.2) is 55.2 Å². The van der Waals surface area contributed by atoms with Crippen LogP contribution < -0.4 is 20.1 Å². The van der Waals surface area contributed by atoms with Gasteiger partial charge >= 0.3 is 6.03 Å². The third-order valence-electron chi connectivity index (χ3n) is 3.24. The van der Waals surface area contributed by atoms with E-state index in [0.717, 1.165) is 5.75 Å². The highest BCUT2D eigenvalue weighted by Gasteiger charge is 2.23. The molecule has 3 amide bonds. The van der Waals surface area contributed by atoms with Crippen LogP contribution in [0.3, 0.4) is 0 Å². The van der Waals surface area contributed by atoms with Crippen LogP contribution in [0.5, 0.6) is 11.5 Å². The van der Waals surface area contributed by atoms with Gasteiger partial charge in [-0.05, 0) is 40.0 Å². The maximum atomic E-state index is 11.9. The zero-order valence-corrected chi connectivity index (χ0v) is 14.6. The lowest BCUT2D eigenvalue weighted by atomic mass is 10.1. The lowest BCUT2D eigenvalue weighted by molar-refractivity contribution is -0.121. The van der Waals surface area contributed by atoms with Crippen LogP contribution >= 0.6 is 0 Å². The van der Waals surface area contributed by atoms with E-state index in [4.69, 9.17) is 9.47 Å². The Morgan fingerprint density at radius 2 is 1.92 bits per heavy atom. The summed E-state index contributed by atoms with van der Waals surface area (Å²) in [6, 6.07) is 6.99. The Balaban J connectivity index is 1.76. The molecule has 1 aliphatic heterocycles. The predicted molar refractivity (Wildman–Crippen MR) is 90.3 cm³/mol. The molecule has 0 saturated heterocycles. The summed E-state index contributed by atoms with van der Waals surface area (Å²) in [5.41, 5.74) is -0.392. The number of nitrogens with zero attached hydrogens (tertiary/aromatic N) is 1. The van der Waals surface area contributed by atoms with Crippen LogP contribution in [0.1, 0.15) is 20.8 Å². The SMILES string of the molecule is CN(CC(=O)NC(=O)NC(C)(C)C)CC1COc2ccccc2O1. The summed E-state index contributed by atoms with van der Waals surface area (Å²) in [6.07, 6.45) is -0.166. The Labute approximate surface area is 142 Å². The molecule has 0 fully saturated rings. The molecular formula is C17H25N3O4. The summed E-state index contributed by atoms with van der Waals surface area (Å²) in [6.45, 7) is 6.58. The van der Waals surface area contributed by atoms with E-state index in [1.165, 1.54) is 0 Å². The second-order valence-electron chi connectivity index (χ2n) is 6.95. The normalized spacial score (nSPS) is 16.6. The molecule has 7 heteroatoms. The van der Waals surface area contributed by atoms with Crippen molar-refractivity contribution in [1.29, 1.82) is 0 Å². The van der Waals surface area contributed by atoms with Gasteiger partial charge in [-0.3, -0.25) is 15.0 Å². The monoisotopic (exact) mass is 335 g/mol. The van der Waals surface area contributed by atoms with Gasteiger partial charge in [0.15, 0.2) is 11.5 Å². The zero-order chi connectivity index (χ0) is 17.7. The molecule has 0 aliphatic carbocycles. The van der Waals surface area contributed by atoms with E-state index in [-0.39, 0.29) is 18.6 Å². The highest BCUT2D eigenvalue weighted by molar-refractivity contribution is 5.95. The molecule has 2 rings (SSSR count). The third kappa shape index (κ3) is 5.73. The molecule has 1 aliphatic rings. The molecule has 7 nitrogen and oxygen atoms in total. The minimum absolute atomic E-state index is 0.0963. The summed E-state index contributed by atoms with van der Waals surface area (Å²) < 4.78 is 11.5. The number of benzene rings is 1. The number of amides is 3. The molecule has 1 atom stereocenters. The van der Waals surface area contributed by atoms with Crippen molar-refractivity contribution in [2.75, 3.05) is 26.7 Å². The zero-order valence-electron chi connectivity index (χ0n) is 14.6. The van der Waals surface area contributed by atoms with E-state index in [9.17, 15) is 9.59 Å². The van der Waals surface area contributed by atoms with E-state index in [0.29, 0.717) is 18.9 Å². The van der Waals surface area contributed by atoms with Gasteiger partial charge in [-0.2, -0.15) is 0 Å². The van der Waals surface area contributed by atoms with E-state index in [2.05, 4.69) is 10.6 Å². The van der Waals surface area contributed by atoms with Crippen molar-refractivity contribution in [2.24, 2.45) is 0 Å². The molecule has 0 aromatic heterocycles. The number of rotatable bonds is 4. The van der Waals surface area contributed by atoms with Crippen LogP contribution in [0.4, 0.5) is 4.79 Å². The molecule has 24 heavy (non-hydrogen) atoms. The van der Waals surface area contributed by atoms with Crippen LogP contribution in [-0.2, 0) is 4.79 Å². The van der Waals surface area contributed by atoms with E-state index < -0.39 is 11.6 Å². The lowest BCUT2D eigenvalue weighted by Gasteiger charge is -2.29. The van der Waals surface area contributed by atoms with E-state index >= 15 is 0 Å². The maximum Gasteiger partial charge on any atom is 0.321 e. The van der Waals surface area contributed by atoms with Gasteiger partial charge in [-0.15, -0.1) is 0 Å². The van der Waals surface area contributed by atoms with Crippen LogP contribution in [0.15, 0.2) is 24.3 Å². The molecule has 1 aromatic rings. The largest absolute Gasteiger partial charge is 0.486 e. The van der Waals surface area contributed by atoms with Gasteiger partial charge in [0.2, 0.25) is 5.91 Å². The van der Waals surface area contributed by atoms with Gasteiger partial charge < -0.3 is 14.8 Å². The summed E-state index contributed by atoms with van der Waals surface area (Å²) in [4.78, 5) is 25.4. The Kier molecular flexibility index (Phi) is 5.66. The van der Waals surface area contributed by atoms with Crippen LogP contribution in [0, 0.1) is 0 Å². The summed E-state index contributed by atoms with van der Waals surface area (Å²) in [7, 11) is 1.80. The quantitative estimate of drug-likeness (QED) is 0.869. The fourth-order valence-electron chi connectivity index (χ4n) is 2.35. The van der Waals surface area contributed by atoms with Crippen molar-refractivity contribution in [3.05, 3.63) is 24.3 Å². The van der Waals surface area contributed by atoms with Gasteiger partial charge in [0.25, 0.3) is 0 Å². The highest BCUT2D eigenvalue weighted by Crippen LogP contribution is 2.30. The predicted octanol–water partition coefficient (Wildman–Crippen LogP) is 1.38. The highest BCUT2D eigenvalue weighted by atomic mass is 16.6. The van der Waals surface area contributed by atoms with Gasteiger partial charge in [0, 0.05) is 12.1 Å². The first-order chi connectivity index (χ1) is 11.2. The van der Waals surface area contributed by atoms with Crippen LogP contribution in [0.25, 0.3) is 0 Å². The average molecular weight is 335 g/mol. The first-order valence-corrected chi connectivity index (χ1v) is 7.92. The minimum atomic E-state index is -0.493. The molecular weight excluding hydrogens is 310 g/mol. The average Bonchev–Trinajstić information content (AvgIpc) is 2.44. The lowest BCUT2D eigenvalue weighted by Crippen LogP contribution is -2.50. The number of ether oxygens (including phenoxy) is 2. The van der Waals surface area contributed by atoms with Crippen molar-refractivity contribution >= 4 is 11.9 Å². The van der Waals surface area contributed by atoms with E-state index in [1.54, 1.807) is 11.9 Å². The summed E-state index contributed by atoms with van der Waals surface area (Å²) >= 11 is 0. The number of fused-ring (bicyclic) bond motifs is 1. The number of para-hydroxylation sites is 2. The molecule has 0 spiro atoms. The van der Waals surface area contributed by atoms with Gasteiger partial charge in [-0.25, -0.2) is 4.79 Å². The van der Waals surface area contributed by atoms with Crippen molar-refractivity contribution in [3.63, 3.8) is 0 Å². The minimum Gasteiger partial charge on any atom is -0.486 e. The number of urea groups is 1. The number of hydrogen-bond acceptors (Lipinski definition) is 5. The van der Waals surface area contributed by atoms with Gasteiger partial charge in [-0.1, -0.05) is 12.1 Å². The number of imide groups is 1. The Bertz CT molecular complexity index is 598. The first kappa shape index (κ1) is 18.1. The number of nitrogens with one attached hydrogen (secondary N) is 2. The number of likely N-dealkylation sites (N-methyl/N-ethyl adjacent to an activating group) is 1. The topological polar surface area (TPSA) is 79.9 Å². The Morgan fingerprint density at radius 1 is 1.25 bits per heavy atom. The van der Waals surface area contributed by atoms with Crippen molar-refractivity contribution in [1.82, 2.24) is 15.5 Å². The standard InChI is InChI=1S/C17H25N3O4/c1-17(2,3)19-16(22)18-15(21)10-20(4)9-12-11-23-13-7-5-6-8-14(13)24-12/h5-8,12H,9-11H2,1-4H3,(H2,18,19,21,22). The molecule has 1 unspecified atom stereocenters. The van der Waals surface area contributed by atoms with Crippen molar-refractivity contribution in [3.8, 4) is 11.5 Å². The third-order valence-corrected chi connectivity index (χ3v) is 3.24. The molecule has 0 saturated carbocycles. The van der Waals surface area contributed by atoms with Crippen molar-refractivity contribution < 1.29 is 19.1 Å². The van der Waals surface area contributed by atoms with Gasteiger partial charge in [0.05, 0.1) is 6.54 Å². The van der Waals surface area contributed by atoms with E-state index in [1.807, 2.05) is 45.0 Å². The second-order valence-corrected chi connectivity index (χ2v) is 6.95. The molecule has 0 radical (unpaired) electrons. The van der Waals surface area contributed by atoms with Crippen molar-refractivity contribution in [2.45, 2.75) is 32.4 Å². The molecule has 132 valence electrons. The fraction of sp³-hybridized carbons (Fsp3) is 0.529.